The fourth-order valence-electron chi connectivity index (χ4n) is 0.929. The molecular weight excluding hydrogens is 149 g/mol. The van der Waals surface area contributed by atoms with E-state index in [0.717, 1.165) is 0 Å². The summed E-state index contributed by atoms with van der Waals surface area (Å²) in [4.78, 5) is 0.231. The molecule has 0 aliphatic carbocycles. The average molecular weight is 153 g/mol. The first-order valence-corrected chi connectivity index (χ1v) is 3.00. The van der Waals surface area contributed by atoms with E-state index < -0.39 is 0 Å². The molecule has 2 rings (SSSR count). The summed E-state index contributed by atoms with van der Waals surface area (Å²) >= 11 is 0. The molecule has 0 spiro atoms. The number of hydrogen-bond acceptors (Lipinski definition) is 2. The number of rotatable bonds is 0. The molecule has 11 heavy (non-hydrogen) atoms. The summed E-state index contributed by atoms with van der Waals surface area (Å²) in [6.45, 7) is 0. The maximum atomic E-state index is 12.6. The normalized spacial score (nSPS) is 10.6. The minimum Gasteiger partial charge on any atom is -0.619 e. The molecule has 5 heteroatoms. The van der Waals surface area contributed by atoms with E-state index >= 15 is 0 Å². The highest BCUT2D eigenvalue weighted by atomic mass is 19.2. The Morgan fingerprint density at radius 1 is 1.64 bits per heavy atom. The number of aromatic nitrogens is 3. The molecule has 0 N–H and O–H groups in total. The van der Waals surface area contributed by atoms with Crippen molar-refractivity contribution in [3.05, 3.63) is 29.9 Å². The van der Waals surface area contributed by atoms with Crippen LogP contribution in [0.5, 0.6) is 0 Å². The maximum absolute atomic E-state index is 12.6. The second-order valence-electron chi connectivity index (χ2n) is 2.15. The second kappa shape index (κ2) is 1.91. The van der Waals surface area contributed by atoms with Crippen LogP contribution in [-0.2, 0) is 0 Å². The minimum absolute atomic E-state index is 0.231. The van der Waals surface area contributed by atoms with Crippen molar-refractivity contribution in [2.24, 2.45) is 0 Å². The van der Waals surface area contributed by atoms with Crippen molar-refractivity contribution in [2.75, 3.05) is 0 Å². The maximum Gasteiger partial charge on any atom is 0.191 e. The third kappa shape index (κ3) is 0.813. The Bertz CT molecular complexity index is 398. The smallest absolute Gasteiger partial charge is 0.191 e. The van der Waals surface area contributed by atoms with Crippen molar-refractivity contribution >= 4 is 10.9 Å². The van der Waals surface area contributed by atoms with Gasteiger partial charge in [0.1, 0.15) is 5.52 Å². The van der Waals surface area contributed by atoms with Crippen molar-refractivity contribution in [1.29, 1.82) is 0 Å². The van der Waals surface area contributed by atoms with E-state index in [-0.39, 0.29) is 4.90 Å². The Balaban J connectivity index is 2.86. The fraction of sp³-hybridized carbons (Fsp3) is 0. The molecule has 2 aromatic rings. The largest absolute Gasteiger partial charge is 0.619 e. The zero-order valence-corrected chi connectivity index (χ0v) is 5.44. The molecule has 0 amide bonds. The summed E-state index contributed by atoms with van der Waals surface area (Å²) in [5, 5.41) is 14.5. The Labute approximate surface area is 61.0 Å². The molecule has 56 valence electrons. The van der Waals surface area contributed by atoms with Gasteiger partial charge in [-0.05, 0) is 0 Å². The van der Waals surface area contributed by atoms with Gasteiger partial charge in [-0.1, -0.05) is 9.39 Å². The zero-order chi connectivity index (χ0) is 7.84. The van der Waals surface area contributed by atoms with Crippen LogP contribution in [0.3, 0.4) is 0 Å². The average Bonchev–Trinajstić information content (AvgIpc) is 2.32. The molecule has 2 aromatic heterocycles. The van der Waals surface area contributed by atoms with Gasteiger partial charge in [-0.3, -0.25) is 0 Å². The monoisotopic (exact) mass is 153 g/mol. The van der Waals surface area contributed by atoms with Crippen molar-refractivity contribution in [3.8, 4) is 0 Å². The molecule has 2 heterocycles. The van der Waals surface area contributed by atoms with Gasteiger partial charge in [-0.2, -0.15) is 4.73 Å². The Morgan fingerprint density at radius 3 is 3.27 bits per heavy atom. The van der Waals surface area contributed by atoms with Gasteiger partial charge in [0, 0.05) is 6.07 Å². The lowest BCUT2D eigenvalue weighted by molar-refractivity contribution is -0.603. The van der Waals surface area contributed by atoms with Crippen LogP contribution in [-0.4, -0.2) is 10.0 Å². The van der Waals surface area contributed by atoms with Gasteiger partial charge in [0.25, 0.3) is 0 Å². The Kier molecular flexibility index (Phi) is 1.06. The molecule has 0 saturated heterocycles. The van der Waals surface area contributed by atoms with E-state index in [1.165, 1.54) is 24.7 Å². The van der Waals surface area contributed by atoms with Crippen LogP contribution in [0.15, 0.2) is 24.7 Å². The summed E-state index contributed by atoms with van der Waals surface area (Å²) in [6.07, 6.45) is 3.78. The Hall–Kier alpha value is -1.65. The molecule has 0 atom stereocenters. The summed E-state index contributed by atoms with van der Waals surface area (Å²) in [6, 6.07) is 1.37. The summed E-state index contributed by atoms with van der Waals surface area (Å²) < 4.78 is 13.2. The van der Waals surface area contributed by atoms with Crippen LogP contribution in [0, 0.1) is 5.21 Å². The fourth-order valence-corrected chi connectivity index (χ4v) is 0.929. The van der Waals surface area contributed by atoms with Gasteiger partial charge >= 0.3 is 0 Å². The van der Waals surface area contributed by atoms with Gasteiger partial charge in [-0.25, -0.2) is 0 Å². The van der Waals surface area contributed by atoms with Gasteiger partial charge in [0.15, 0.2) is 12.4 Å². The van der Waals surface area contributed by atoms with E-state index in [1.807, 2.05) is 0 Å². The third-order valence-corrected chi connectivity index (χ3v) is 1.44. The van der Waals surface area contributed by atoms with Crippen LogP contribution in [0.25, 0.3) is 10.9 Å². The van der Waals surface area contributed by atoms with E-state index in [0.29, 0.717) is 15.6 Å². The predicted octanol–water partition coefficient (Wildman–Crippen LogP) is 0.402. The van der Waals surface area contributed by atoms with Crippen molar-refractivity contribution < 1.29 is 9.21 Å². The van der Waals surface area contributed by atoms with E-state index in [1.54, 1.807) is 0 Å². The van der Waals surface area contributed by atoms with Crippen molar-refractivity contribution in [2.45, 2.75) is 0 Å². The van der Waals surface area contributed by atoms with Crippen LogP contribution in [0.4, 0.5) is 4.48 Å². The topological polar surface area (TPSA) is 44.8 Å². The number of halogens is 1. The third-order valence-electron chi connectivity index (χ3n) is 1.44. The van der Waals surface area contributed by atoms with Crippen molar-refractivity contribution in [3.63, 3.8) is 0 Å². The first-order chi connectivity index (χ1) is 5.27. The molecule has 0 aliphatic rings. The number of nitrogens with zero attached hydrogens (tertiary/aromatic N) is 3. The number of pyridine rings is 1. The van der Waals surface area contributed by atoms with Gasteiger partial charge in [0.2, 0.25) is 0 Å². The molecular formula is C6H4FN3O. The number of fused-ring (bicyclic) bond motifs is 1. The van der Waals surface area contributed by atoms with E-state index in [2.05, 4.69) is 5.10 Å². The van der Waals surface area contributed by atoms with Crippen LogP contribution < -0.4 is 4.73 Å². The molecule has 0 bridgehead atoms. The quantitative estimate of drug-likeness (QED) is 0.406. The van der Waals surface area contributed by atoms with E-state index in [4.69, 9.17) is 0 Å². The minimum atomic E-state index is 0.231. The summed E-state index contributed by atoms with van der Waals surface area (Å²) in [7, 11) is 0. The molecule has 0 fully saturated rings. The van der Waals surface area contributed by atoms with E-state index in [9.17, 15) is 9.69 Å². The molecule has 0 aromatic carbocycles. The predicted molar refractivity (Wildman–Crippen MR) is 35.2 cm³/mol. The second-order valence-corrected chi connectivity index (χ2v) is 2.15. The molecule has 0 radical (unpaired) electrons. The van der Waals surface area contributed by atoms with Gasteiger partial charge in [0.05, 0.1) is 11.6 Å². The molecule has 0 aliphatic heterocycles. The zero-order valence-electron chi connectivity index (χ0n) is 5.44. The highest BCUT2D eigenvalue weighted by molar-refractivity contribution is 5.75. The lowest BCUT2D eigenvalue weighted by Gasteiger charge is -1.92. The first kappa shape index (κ1) is 6.09. The van der Waals surface area contributed by atoms with Gasteiger partial charge in [-0.15, -0.1) is 5.10 Å². The highest BCUT2D eigenvalue weighted by Crippen LogP contribution is 2.09. The summed E-state index contributed by atoms with van der Waals surface area (Å²) in [5.41, 5.74) is 0.303. The first-order valence-electron chi connectivity index (χ1n) is 3.00. The molecule has 0 saturated carbocycles. The van der Waals surface area contributed by atoms with Crippen molar-refractivity contribution in [1.82, 2.24) is 10.0 Å². The lowest BCUT2D eigenvalue weighted by atomic mass is 10.3. The highest BCUT2D eigenvalue weighted by Gasteiger charge is 2.03. The van der Waals surface area contributed by atoms with Crippen LogP contribution in [0.2, 0.25) is 0 Å². The Morgan fingerprint density at radius 2 is 2.45 bits per heavy atom. The molecule has 4 nitrogen and oxygen atoms in total. The summed E-state index contributed by atoms with van der Waals surface area (Å²) in [5.74, 6) is 0. The SMILES string of the molecule is [O-][n+]1ccc2c(cnn2F)c1. The van der Waals surface area contributed by atoms with Crippen LogP contribution in [0.1, 0.15) is 0 Å². The van der Waals surface area contributed by atoms with Gasteiger partial charge < -0.3 is 5.21 Å². The lowest BCUT2D eigenvalue weighted by Crippen LogP contribution is -2.23. The standard InChI is InChI=1S/C6H4FN3O/c7-10-6-1-2-9(11)4-5(6)3-8-10/h1-4H. The van der Waals surface area contributed by atoms with Crippen LogP contribution >= 0.6 is 0 Å². The molecule has 0 unspecified atom stereocenters. The number of hydrogen-bond donors (Lipinski definition) is 0.